The van der Waals surface area contributed by atoms with Gasteiger partial charge in [0.05, 0.1) is 0 Å². The highest BCUT2D eigenvalue weighted by Gasteiger charge is 1.93. The molecule has 0 bridgehead atoms. The summed E-state index contributed by atoms with van der Waals surface area (Å²) in [4.78, 5) is 0. The average Bonchev–Trinajstić information content (AvgIpc) is 2.05. The molecule has 0 aliphatic heterocycles. The van der Waals surface area contributed by atoms with Crippen LogP contribution in [0.25, 0.3) is 0 Å². The molecule has 0 nitrogen and oxygen atoms in total. The van der Waals surface area contributed by atoms with Crippen molar-refractivity contribution < 1.29 is 1.37 Å². The lowest BCUT2D eigenvalue weighted by molar-refractivity contribution is 0.867. The summed E-state index contributed by atoms with van der Waals surface area (Å²) in [5.41, 5.74) is 1.26. The van der Waals surface area contributed by atoms with Gasteiger partial charge in [-0.3, -0.25) is 0 Å². The van der Waals surface area contributed by atoms with Gasteiger partial charge in [-0.05, 0) is 11.5 Å². The lowest BCUT2D eigenvalue weighted by Crippen LogP contribution is -1.83. The van der Waals surface area contributed by atoms with Crippen LogP contribution in [0.1, 0.15) is 26.7 Å². The standard InChI is InChI=1S/C9H12/c1-8(2)9-6-4-3-5-7-9/h3-8H,1-2H3/i1D/t8-/m1/s1. The maximum absolute atomic E-state index is 7.15. The van der Waals surface area contributed by atoms with Crippen LogP contribution in [0.5, 0.6) is 0 Å². The third-order valence-electron chi connectivity index (χ3n) is 1.37. The van der Waals surface area contributed by atoms with E-state index in [1.807, 2.05) is 18.2 Å². The Labute approximate surface area is 57.9 Å². The van der Waals surface area contributed by atoms with Gasteiger partial charge in [0.25, 0.3) is 0 Å². The number of rotatable bonds is 1. The molecule has 0 unspecified atom stereocenters. The maximum Gasteiger partial charge on any atom is 0.0236 e. The predicted molar refractivity (Wildman–Crippen MR) is 40.5 cm³/mol. The molecule has 1 rings (SSSR count). The van der Waals surface area contributed by atoms with Gasteiger partial charge >= 0.3 is 0 Å². The van der Waals surface area contributed by atoms with E-state index in [1.54, 1.807) is 0 Å². The van der Waals surface area contributed by atoms with Crippen molar-refractivity contribution in [2.75, 3.05) is 0 Å². The van der Waals surface area contributed by atoms with Crippen molar-refractivity contribution >= 4 is 0 Å². The first-order valence-electron chi connectivity index (χ1n) is 3.89. The third-order valence-corrected chi connectivity index (χ3v) is 1.37. The fourth-order valence-corrected chi connectivity index (χ4v) is 0.782. The Morgan fingerprint density at radius 2 is 2.00 bits per heavy atom. The highest BCUT2D eigenvalue weighted by molar-refractivity contribution is 5.17. The fraction of sp³-hybridized carbons (Fsp3) is 0.333. The molecule has 0 saturated carbocycles. The van der Waals surface area contributed by atoms with Crippen molar-refractivity contribution in [2.24, 2.45) is 0 Å². The van der Waals surface area contributed by atoms with Crippen LogP contribution in [0.4, 0.5) is 0 Å². The predicted octanol–water partition coefficient (Wildman–Crippen LogP) is 2.81. The molecule has 0 spiro atoms. The highest BCUT2D eigenvalue weighted by Crippen LogP contribution is 2.11. The molecule has 0 aliphatic carbocycles. The van der Waals surface area contributed by atoms with E-state index in [9.17, 15) is 0 Å². The molecule has 0 saturated heterocycles. The number of hydrogen-bond acceptors (Lipinski definition) is 0. The van der Waals surface area contributed by atoms with Gasteiger partial charge < -0.3 is 0 Å². The van der Waals surface area contributed by atoms with Gasteiger partial charge in [-0.1, -0.05) is 44.2 Å². The van der Waals surface area contributed by atoms with E-state index in [4.69, 9.17) is 1.37 Å². The molecule has 1 aromatic carbocycles. The first-order valence-corrected chi connectivity index (χ1v) is 3.18. The van der Waals surface area contributed by atoms with Gasteiger partial charge in [0.1, 0.15) is 0 Å². The Bertz CT molecular complexity index is 181. The van der Waals surface area contributed by atoms with Crippen molar-refractivity contribution in [3.05, 3.63) is 35.9 Å². The summed E-state index contributed by atoms with van der Waals surface area (Å²) in [6.45, 7) is 2.55. The van der Waals surface area contributed by atoms with Crippen LogP contribution in [0, 0.1) is 0 Å². The van der Waals surface area contributed by atoms with Crippen molar-refractivity contribution in [1.82, 2.24) is 0 Å². The minimum absolute atomic E-state index is 0.376. The molecular formula is C9H12. The molecule has 1 atom stereocenters. The van der Waals surface area contributed by atoms with E-state index in [-0.39, 0.29) is 0 Å². The zero-order valence-corrected chi connectivity index (χ0v) is 5.67. The molecule has 0 heterocycles. The molecule has 0 aromatic heterocycles. The summed E-state index contributed by atoms with van der Waals surface area (Å²) in [5.74, 6) is 0.376. The second-order valence-corrected chi connectivity index (χ2v) is 2.31. The normalized spacial score (nSPS) is 14.6. The second-order valence-electron chi connectivity index (χ2n) is 2.31. The van der Waals surface area contributed by atoms with Crippen molar-refractivity contribution in [1.29, 1.82) is 0 Å². The largest absolute Gasteiger partial charge is 0.0622 e. The number of hydrogen-bond donors (Lipinski definition) is 0. The van der Waals surface area contributed by atoms with Crippen LogP contribution in [-0.4, -0.2) is 0 Å². The molecule has 0 amide bonds. The SMILES string of the molecule is [2H]C[C@H](C)c1ccccc1. The molecule has 48 valence electrons. The van der Waals surface area contributed by atoms with Crippen LogP contribution >= 0.6 is 0 Å². The van der Waals surface area contributed by atoms with Crippen LogP contribution in [0.2, 0.25) is 0 Å². The van der Waals surface area contributed by atoms with Gasteiger partial charge in [0.2, 0.25) is 0 Å². The zero-order valence-electron chi connectivity index (χ0n) is 6.67. The molecule has 0 heteroatoms. The summed E-state index contributed by atoms with van der Waals surface area (Å²) in [6.07, 6.45) is 0. The monoisotopic (exact) mass is 121 g/mol. The van der Waals surface area contributed by atoms with Crippen LogP contribution in [0.3, 0.4) is 0 Å². The second kappa shape index (κ2) is 2.67. The Balaban J connectivity index is 2.75. The van der Waals surface area contributed by atoms with Crippen LogP contribution < -0.4 is 0 Å². The topological polar surface area (TPSA) is 0 Å². The van der Waals surface area contributed by atoms with Gasteiger partial charge in [0, 0.05) is 1.37 Å². The average molecular weight is 121 g/mol. The first kappa shape index (κ1) is 5.04. The highest BCUT2D eigenvalue weighted by atomic mass is 14.0. The Hall–Kier alpha value is -0.780. The molecule has 0 N–H and O–H groups in total. The zero-order chi connectivity index (χ0) is 7.40. The molecule has 9 heavy (non-hydrogen) atoms. The van der Waals surface area contributed by atoms with Gasteiger partial charge in [-0.2, -0.15) is 0 Å². The van der Waals surface area contributed by atoms with Crippen molar-refractivity contribution in [2.45, 2.75) is 19.7 Å². The Kier molecular flexibility index (Phi) is 1.50. The molecule has 1 aromatic rings. The third kappa shape index (κ3) is 1.56. The van der Waals surface area contributed by atoms with E-state index in [1.165, 1.54) is 5.56 Å². The Morgan fingerprint density at radius 1 is 1.33 bits per heavy atom. The van der Waals surface area contributed by atoms with Gasteiger partial charge in [0.15, 0.2) is 0 Å². The summed E-state index contributed by atoms with van der Waals surface area (Å²) < 4.78 is 7.15. The smallest absolute Gasteiger partial charge is 0.0236 e. The maximum atomic E-state index is 7.15. The summed E-state index contributed by atoms with van der Waals surface area (Å²) in [7, 11) is 0. The Morgan fingerprint density at radius 3 is 2.56 bits per heavy atom. The van der Waals surface area contributed by atoms with E-state index in [2.05, 4.69) is 19.1 Å². The number of benzene rings is 1. The van der Waals surface area contributed by atoms with Crippen molar-refractivity contribution in [3.63, 3.8) is 0 Å². The van der Waals surface area contributed by atoms with Crippen molar-refractivity contribution in [3.8, 4) is 0 Å². The summed E-state index contributed by atoms with van der Waals surface area (Å²) >= 11 is 0. The molecular weight excluding hydrogens is 108 g/mol. The van der Waals surface area contributed by atoms with E-state index < -0.39 is 0 Å². The van der Waals surface area contributed by atoms with Gasteiger partial charge in [-0.15, -0.1) is 0 Å². The van der Waals surface area contributed by atoms with E-state index in [0.717, 1.165) is 0 Å². The lowest BCUT2D eigenvalue weighted by atomic mass is 10.0. The molecule has 0 aliphatic rings. The summed E-state index contributed by atoms with van der Waals surface area (Å²) in [5, 5.41) is 0. The first-order chi connectivity index (χ1) is 4.84. The van der Waals surface area contributed by atoms with E-state index >= 15 is 0 Å². The van der Waals surface area contributed by atoms with Gasteiger partial charge in [-0.25, -0.2) is 0 Å². The summed E-state index contributed by atoms with van der Waals surface area (Å²) in [6, 6.07) is 10.2. The molecule has 0 radical (unpaired) electrons. The minimum atomic E-state index is 0.376. The van der Waals surface area contributed by atoms with Crippen LogP contribution in [0.15, 0.2) is 30.3 Å². The minimum Gasteiger partial charge on any atom is -0.0622 e. The van der Waals surface area contributed by atoms with Crippen LogP contribution in [-0.2, 0) is 0 Å². The molecule has 0 fully saturated rings. The lowest BCUT2D eigenvalue weighted by Gasteiger charge is -2.01. The fourth-order valence-electron chi connectivity index (χ4n) is 0.782. The van der Waals surface area contributed by atoms with E-state index in [0.29, 0.717) is 12.8 Å². The quantitative estimate of drug-likeness (QED) is 0.536.